The number of pyridine rings is 1. The van der Waals surface area contributed by atoms with Gasteiger partial charge in [-0.1, -0.05) is 47.5 Å². The van der Waals surface area contributed by atoms with Gasteiger partial charge in [0, 0.05) is 11.5 Å². The summed E-state index contributed by atoms with van der Waals surface area (Å²) in [6, 6.07) is 7.87. The first-order valence-electron chi connectivity index (χ1n) is 8.85. The predicted molar refractivity (Wildman–Crippen MR) is 106 cm³/mol. The van der Waals surface area contributed by atoms with Crippen LogP contribution in [0.2, 0.25) is 16.6 Å². The number of fused-ring (bicyclic) bond motifs is 1. The molecule has 0 unspecified atom stereocenters. The third kappa shape index (κ3) is 3.21. The highest BCUT2D eigenvalue weighted by atomic mass is 28.3. The summed E-state index contributed by atoms with van der Waals surface area (Å²) in [5, 5.41) is 13.3. The summed E-state index contributed by atoms with van der Waals surface area (Å²) in [5.41, 5.74) is 8.18. The molecule has 128 valence electrons. The van der Waals surface area contributed by atoms with E-state index < -0.39 is 8.07 Å². The Labute approximate surface area is 147 Å². The molecule has 0 bridgehead atoms. The number of hydrogen-bond acceptors (Lipinski definition) is 1. The van der Waals surface area contributed by atoms with Crippen LogP contribution < -0.4 is 4.73 Å². The number of rotatable bonds is 3. The minimum atomic E-state index is -1.80. The molecule has 3 heteroatoms. The molecule has 0 saturated heterocycles. The summed E-state index contributed by atoms with van der Waals surface area (Å²) in [7, 11) is -1.80. The van der Waals surface area contributed by atoms with Crippen molar-refractivity contribution < 1.29 is 4.73 Å². The first-order valence-corrected chi connectivity index (χ1v) is 11.1. The van der Waals surface area contributed by atoms with Gasteiger partial charge < -0.3 is 5.21 Å². The first kappa shape index (κ1) is 18.5. The van der Waals surface area contributed by atoms with Gasteiger partial charge in [-0.15, -0.1) is 5.54 Å². The average molecular weight is 340 g/mol. The van der Waals surface area contributed by atoms with E-state index in [1.165, 1.54) is 0 Å². The molecule has 1 heterocycles. The van der Waals surface area contributed by atoms with Gasteiger partial charge >= 0.3 is 0 Å². The zero-order valence-electron chi connectivity index (χ0n) is 16.0. The van der Waals surface area contributed by atoms with Crippen molar-refractivity contribution in [3.05, 3.63) is 46.8 Å². The highest BCUT2D eigenvalue weighted by molar-refractivity contribution is 6.90. The molecule has 0 saturated carbocycles. The van der Waals surface area contributed by atoms with Gasteiger partial charge in [0.2, 0.25) is 5.52 Å². The second-order valence-electron chi connectivity index (χ2n) is 7.73. The number of nitrogens with zero attached hydrogens (tertiary/aromatic N) is 1. The Morgan fingerprint density at radius 1 is 1.00 bits per heavy atom. The lowest BCUT2D eigenvalue weighted by atomic mass is 10.1. The summed E-state index contributed by atoms with van der Waals surface area (Å²) in [4.78, 5) is 0. The third-order valence-corrected chi connectivity index (χ3v) is 11.6. The lowest BCUT2D eigenvalue weighted by Crippen LogP contribution is -2.43. The monoisotopic (exact) mass is 339 g/mol. The maximum atomic E-state index is 12.3. The molecule has 0 atom stereocenters. The summed E-state index contributed by atoms with van der Waals surface area (Å²) in [5.74, 6) is 3.45. The summed E-state index contributed by atoms with van der Waals surface area (Å²) in [6.07, 6.45) is 1.56. The zero-order valence-corrected chi connectivity index (χ0v) is 17.0. The van der Waals surface area contributed by atoms with Gasteiger partial charge in [-0.05, 0) is 47.3 Å². The van der Waals surface area contributed by atoms with Crippen LogP contribution in [0.15, 0.2) is 30.5 Å². The molecule has 1 aromatic carbocycles. The first-order chi connectivity index (χ1) is 11.2. The molecule has 1 aromatic heterocycles. The Bertz CT molecular complexity index is 775. The highest BCUT2D eigenvalue weighted by Crippen LogP contribution is 2.40. The molecule has 0 amide bonds. The molecule has 0 N–H and O–H groups in total. The molecular weight excluding hydrogens is 310 g/mol. The van der Waals surface area contributed by atoms with Gasteiger partial charge in [0.05, 0.1) is 5.56 Å². The zero-order chi connectivity index (χ0) is 18.1. The normalized spacial score (nSPS) is 12.1. The Morgan fingerprint density at radius 3 is 2.12 bits per heavy atom. The van der Waals surface area contributed by atoms with E-state index in [0.717, 1.165) is 21.2 Å². The van der Waals surface area contributed by atoms with Crippen LogP contribution in [-0.2, 0) is 0 Å². The van der Waals surface area contributed by atoms with Crippen LogP contribution in [-0.4, -0.2) is 8.07 Å². The predicted octanol–water partition coefficient (Wildman–Crippen LogP) is 5.35. The SMILES string of the molecule is Cc1cc(C#C[Si](C(C)C)(C(C)C)C(C)C)c2c(ccc[n+]2[O-])c1. The van der Waals surface area contributed by atoms with E-state index in [2.05, 4.69) is 59.9 Å². The van der Waals surface area contributed by atoms with Crippen molar-refractivity contribution in [2.24, 2.45) is 0 Å². The second kappa shape index (κ2) is 6.99. The Hall–Kier alpha value is -1.79. The van der Waals surface area contributed by atoms with Crippen molar-refractivity contribution in [2.45, 2.75) is 65.1 Å². The smallest absolute Gasteiger partial charge is 0.239 e. The molecule has 24 heavy (non-hydrogen) atoms. The van der Waals surface area contributed by atoms with Crippen molar-refractivity contribution in [3.8, 4) is 11.5 Å². The van der Waals surface area contributed by atoms with E-state index in [1.54, 1.807) is 12.3 Å². The molecule has 0 aliphatic rings. The van der Waals surface area contributed by atoms with Crippen LogP contribution in [0.3, 0.4) is 0 Å². The van der Waals surface area contributed by atoms with Gasteiger partial charge in [-0.25, -0.2) is 0 Å². The van der Waals surface area contributed by atoms with Crippen molar-refractivity contribution >= 4 is 19.0 Å². The molecule has 2 rings (SSSR count). The van der Waals surface area contributed by atoms with Crippen molar-refractivity contribution in [2.75, 3.05) is 0 Å². The van der Waals surface area contributed by atoms with Crippen LogP contribution in [0.1, 0.15) is 52.7 Å². The van der Waals surface area contributed by atoms with Gasteiger partial charge in [0.25, 0.3) is 0 Å². The molecule has 2 nitrogen and oxygen atoms in total. The van der Waals surface area contributed by atoms with Crippen molar-refractivity contribution in [1.29, 1.82) is 0 Å². The van der Waals surface area contributed by atoms with Crippen LogP contribution in [0.25, 0.3) is 10.9 Å². The van der Waals surface area contributed by atoms with Crippen LogP contribution in [0.4, 0.5) is 0 Å². The maximum Gasteiger partial charge on any atom is 0.239 e. The fourth-order valence-electron chi connectivity index (χ4n) is 4.18. The Balaban J connectivity index is 2.71. The number of hydrogen-bond donors (Lipinski definition) is 0. The Kier molecular flexibility index (Phi) is 5.40. The molecule has 0 aliphatic heterocycles. The topological polar surface area (TPSA) is 26.9 Å². The molecule has 0 radical (unpaired) electrons. The van der Waals surface area contributed by atoms with Gasteiger partial charge in [-0.3, -0.25) is 0 Å². The molecule has 2 aromatic rings. The minimum Gasteiger partial charge on any atom is -0.618 e. The second-order valence-corrected chi connectivity index (χ2v) is 13.3. The van der Waals surface area contributed by atoms with Crippen molar-refractivity contribution in [3.63, 3.8) is 0 Å². The summed E-state index contributed by atoms with van der Waals surface area (Å²) in [6.45, 7) is 15.9. The quantitative estimate of drug-likeness (QED) is 0.320. The lowest BCUT2D eigenvalue weighted by molar-refractivity contribution is -0.577. The van der Waals surface area contributed by atoms with E-state index in [0.29, 0.717) is 22.1 Å². The summed E-state index contributed by atoms with van der Waals surface area (Å²) >= 11 is 0. The van der Waals surface area contributed by atoms with E-state index in [1.807, 2.05) is 18.2 Å². The lowest BCUT2D eigenvalue weighted by Gasteiger charge is -2.38. The molecule has 0 spiro atoms. The van der Waals surface area contributed by atoms with Crippen LogP contribution in [0, 0.1) is 23.6 Å². The fourth-order valence-corrected chi connectivity index (χ4v) is 9.40. The van der Waals surface area contributed by atoms with Crippen molar-refractivity contribution in [1.82, 2.24) is 0 Å². The van der Waals surface area contributed by atoms with E-state index in [-0.39, 0.29) is 0 Å². The number of aryl methyl sites for hydroxylation is 1. The van der Waals surface area contributed by atoms with E-state index in [9.17, 15) is 5.21 Å². The molecule has 0 fully saturated rings. The van der Waals surface area contributed by atoms with Crippen LogP contribution >= 0.6 is 0 Å². The average Bonchev–Trinajstić information content (AvgIpc) is 2.46. The summed E-state index contributed by atoms with van der Waals surface area (Å²) < 4.78 is 0.947. The fraction of sp³-hybridized carbons (Fsp3) is 0.476. The maximum absolute atomic E-state index is 12.3. The molecular formula is C21H29NOSi. The largest absolute Gasteiger partial charge is 0.618 e. The van der Waals surface area contributed by atoms with E-state index in [4.69, 9.17) is 0 Å². The highest BCUT2D eigenvalue weighted by Gasteiger charge is 2.41. The standard InChI is InChI=1S/C21H29NOSi/c1-15(2)24(16(3)4,17(5)6)12-10-20-14-18(7)13-19-9-8-11-22(23)21(19)20/h8-9,11,13-17H,1-7H3. The number of aromatic nitrogens is 1. The minimum absolute atomic E-state index is 0.584. The van der Waals surface area contributed by atoms with Gasteiger partial charge in [0.1, 0.15) is 8.07 Å². The van der Waals surface area contributed by atoms with Crippen LogP contribution in [0.5, 0.6) is 0 Å². The number of benzene rings is 1. The molecule has 0 aliphatic carbocycles. The van der Waals surface area contributed by atoms with E-state index >= 15 is 0 Å². The third-order valence-electron chi connectivity index (χ3n) is 5.28. The Morgan fingerprint density at radius 2 is 1.58 bits per heavy atom. The van der Waals surface area contributed by atoms with Gasteiger partial charge in [0.15, 0.2) is 6.20 Å². The van der Waals surface area contributed by atoms with Gasteiger partial charge in [-0.2, -0.15) is 4.73 Å².